The Morgan fingerprint density at radius 2 is 1.59 bits per heavy atom. The molecule has 0 radical (unpaired) electrons. The molecule has 0 atom stereocenters. The summed E-state index contributed by atoms with van der Waals surface area (Å²) < 4.78 is 75.8. The summed E-state index contributed by atoms with van der Waals surface area (Å²) in [4.78, 5) is 0. The van der Waals surface area contributed by atoms with Gasteiger partial charge in [0.2, 0.25) is 0 Å². The third-order valence-corrected chi connectivity index (χ3v) is 1.71. The lowest BCUT2D eigenvalue weighted by molar-refractivity contribution is -0.274. The van der Waals surface area contributed by atoms with Gasteiger partial charge in [0.15, 0.2) is 0 Å². The van der Waals surface area contributed by atoms with Crippen LogP contribution in [-0.4, -0.2) is 11.5 Å². The molecule has 96 valence electrons. The maximum atomic E-state index is 12.3. The van der Waals surface area contributed by atoms with Gasteiger partial charge < -0.3 is 9.84 Å². The molecule has 1 aromatic rings. The number of benzene rings is 1. The first-order chi connectivity index (χ1) is 7.62. The van der Waals surface area contributed by atoms with E-state index in [1.807, 2.05) is 0 Å². The molecule has 1 N–H and O–H groups in total. The van der Waals surface area contributed by atoms with Crippen LogP contribution < -0.4 is 4.74 Å². The summed E-state index contributed by atoms with van der Waals surface area (Å²) >= 11 is 0. The van der Waals surface area contributed by atoms with Gasteiger partial charge in [-0.25, -0.2) is 0 Å². The van der Waals surface area contributed by atoms with Crippen molar-refractivity contribution in [3.63, 3.8) is 0 Å². The Balaban J connectivity index is 3.15. The number of halogens is 6. The van der Waals surface area contributed by atoms with Crippen molar-refractivity contribution in [2.45, 2.75) is 19.1 Å². The van der Waals surface area contributed by atoms with Gasteiger partial charge in [-0.2, -0.15) is 13.2 Å². The summed E-state index contributed by atoms with van der Waals surface area (Å²) in [5, 5.41) is 8.65. The molecule has 0 heterocycles. The third kappa shape index (κ3) is 4.14. The van der Waals surface area contributed by atoms with Crippen molar-refractivity contribution in [3.05, 3.63) is 29.3 Å². The average Bonchev–Trinajstić information content (AvgIpc) is 2.13. The fourth-order valence-corrected chi connectivity index (χ4v) is 1.11. The fraction of sp³-hybridized carbons (Fsp3) is 0.333. The molecule has 8 heteroatoms. The van der Waals surface area contributed by atoms with Crippen molar-refractivity contribution in [2.24, 2.45) is 0 Å². The fourth-order valence-electron chi connectivity index (χ4n) is 1.11. The van der Waals surface area contributed by atoms with Gasteiger partial charge in [-0.15, -0.1) is 13.2 Å². The molecule has 0 fully saturated rings. The number of alkyl halides is 6. The zero-order valence-corrected chi connectivity index (χ0v) is 8.06. The molecular weight excluding hydrogens is 254 g/mol. The van der Waals surface area contributed by atoms with Gasteiger partial charge in [0.1, 0.15) is 5.75 Å². The molecule has 0 aliphatic rings. The Hall–Kier alpha value is -1.44. The van der Waals surface area contributed by atoms with E-state index in [0.717, 1.165) is 0 Å². The van der Waals surface area contributed by atoms with Crippen molar-refractivity contribution in [1.82, 2.24) is 0 Å². The van der Waals surface area contributed by atoms with Crippen molar-refractivity contribution >= 4 is 0 Å². The van der Waals surface area contributed by atoms with Crippen molar-refractivity contribution < 1.29 is 36.2 Å². The minimum Gasteiger partial charge on any atom is -0.406 e. The highest BCUT2D eigenvalue weighted by Gasteiger charge is 2.34. The molecule has 1 aromatic carbocycles. The normalized spacial score (nSPS) is 12.6. The van der Waals surface area contributed by atoms with E-state index in [0.29, 0.717) is 12.1 Å². The van der Waals surface area contributed by atoms with E-state index < -0.39 is 30.5 Å². The maximum absolute atomic E-state index is 12.3. The van der Waals surface area contributed by atoms with Gasteiger partial charge in [-0.05, 0) is 23.8 Å². The second-order valence-corrected chi connectivity index (χ2v) is 3.07. The molecule has 0 aliphatic heterocycles. The van der Waals surface area contributed by atoms with E-state index in [1.54, 1.807) is 0 Å². The van der Waals surface area contributed by atoms with Crippen molar-refractivity contribution in [3.8, 4) is 5.75 Å². The van der Waals surface area contributed by atoms with Crippen LogP contribution in [0.4, 0.5) is 26.3 Å². The van der Waals surface area contributed by atoms with Crippen LogP contribution in [0.15, 0.2) is 18.2 Å². The minimum atomic E-state index is -5.09. The Morgan fingerprint density at radius 1 is 1.00 bits per heavy atom. The molecule has 17 heavy (non-hydrogen) atoms. The van der Waals surface area contributed by atoms with Gasteiger partial charge in [0, 0.05) is 0 Å². The van der Waals surface area contributed by atoms with Gasteiger partial charge in [-0.1, -0.05) is 0 Å². The molecule has 0 bridgehead atoms. The molecule has 1 rings (SSSR count). The van der Waals surface area contributed by atoms with Gasteiger partial charge in [-0.3, -0.25) is 0 Å². The molecule has 0 spiro atoms. The van der Waals surface area contributed by atoms with E-state index >= 15 is 0 Å². The molecule has 2 nitrogen and oxygen atoms in total. The predicted octanol–water partition coefficient (Wildman–Crippen LogP) is 3.10. The number of aliphatic hydroxyl groups excluding tert-OH is 1. The van der Waals surface area contributed by atoms with Crippen molar-refractivity contribution in [2.75, 3.05) is 0 Å². The van der Waals surface area contributed by atoms with Crippen LogP contribution in [0.2, 0.25) is 0 Å². The highest BCUT2D eigenvalue weighted by Crippen LogP contribution is 2.34. The number of hydrogen-bond acceptors (Lipinski definition) is 2. The minimum absolute atomic E-state index is 0.215. The molecule has 0 amide bonds. The quantitative estimate of drug-likeness (QED) is 0.828. The Kier molecular flexibility index (Phi) is 3.56. The molecular formula is C9H6F6O2. The van der Waals surface area contributed by atoms with E-state index in [4.69, 9.17) is 5.11 Å². The summed E-state index contributed by atoms with van der Waals surface area (Å²) in [5.41, 5.74) is -1.64. The Bertz CT molecular complexity index is 395. The van der Waals surface area contributed by atoms with E-state index in [2.05, 4.69) is 4.74 Å². The molecule has 0 aromatic heterocycles. The van der Waals surface area contributed by atoms with Gasteiger partial charge in [0.25, 0.3) is 0 Å². The summed E-state index contributed by atoms with van der Waals surface area (Å²) in [5.74, 6) is -1.02. The first-order valence-corrected chi connectivity index (χ1v) is 4.19. The standard InChI is InChI=1S/C9H6F6O2/c10-8(11,12)6-1-5(4-16)2-7(3-6)17-9(13,14)15/h1-3,16H,4H2. The van der Waals surface area contributed by atoms with Crippen LogP contribution in [0.25, 0.3) is 0 Å². The third-order valence-electron chi connectivity index (χ3n) is 1.71. The molecule has 0 aliphatic carbocycles. The van der Waals surface area contributed by atoms with Crippen LogP contribution in [0, 0.1) is 0 Å². The highest BCUT2D eigenvalue weighted by atomic mass is 19.4. The second-order valence-electron chi connectivity index (χ2n) is 3.07. The van der Waals surface area contributed by atoms with Crippen LogP contribution in [-0.2, 0) is 12.8 Å². The summed E-state index contributed by atoms with van der Waals surface area (Å²) in [7, 11) is 0. The van der Waals surface area contributed by atoms with E-state index in [1.165, 1.54) is 0 Å². The molecule has 0 unspecified atom stereocenters. The number of aliphatic hydroxyl groups is 1. The van der Waals surface area contributed by atoms with Crippen LogP contribution in [0.1, 0.15) is 11.1 Å². The molecule has 0 saturated carbocycles. The maximum Gasteiger partial charge on any atom is 0.573 e. The first-order valence-electron chi connectivity index (χ1n) is 4.19. The second kappa shape index (κ2) is 4.44. The lowest BCUT2D eigenvalue weighted by Gasteiger charge is -2.13. The Labute approximate surface area is 91.4 Å². The van der Waals surface area contributed by atoms with Crippen LogP contribution in [0.5, 0.6) is 5.75 Å². The van der Waals surface area contributed by atoms with E-state index in [9.17, 15) is 26.3 Å². The number of ether oxygens (including phenoxy) is 1. The largest absolute Gasteiger partial charge is 0.573 e. The smallest absolute Gasteiger partial charge is 0.406 e. The Morgan fingerprint density at radius 3 is 2.00 bits per heavy atom. The lowest BCUT2D eigenvalue weighted by atomic mass is 10.1. The summed E-state index contributed by atoms with van der Waals surface area (Å²) in [6, 6.07) is 1.44. The first kappa shape index (κ1) is 13.6. The summed E-state index contributed by atoms with van der Waals surface area (Å²) in [6.45, 7) is -0.821. The molecule has 0 saturated heterocycles. The van der Waals surface area contributed by atoms with Crippen LogP contribution in [0.3, 0.4) is 0 Å². The van der Waals surface area contributed by atoms with Crippen molar-refractivity contribution in [1.29, 1.82) is 0 Å². The SMILES string of the molecule is OCc1cc(OC(F)(F)F)cc(C(F)(F)F)c1. The number of hydrogen-bond donors (Lipinski definition) is 1. The monoisotopic (exact) mass is 260 g/mol. The zero-order valence-electron chi connectivity index (χ0n) is 8.06. The highest BCUT2D eigenvalue weighted by molar-refractivity contribution is 5.35. The topological polar surface area (TPSA) is 29.5 Å². The lowest BCUT2D eigenvalue weighted by Crippen LogP contribution is -2.18. The average molecular weight is 260 g/mol. The zero-order chi connectivity index (χ0) is 13.3. The predicted molar refractivity (Wildman–Crippen MR) is 44.0 cm³/mol. The van der Waals surface area contributed by atoms with Gasteiger partial charge in [0.05, 0.1) is 12.2 Å². The summed E-state index contributed by atoms with van der Waals surface area (Å²) in [6.07, 6.45) is -9.90. The van der Waals surface area contributed by atoms with Crippen LogP contribution >= 0.6 is 0 Å². The number of rotatable bonds is 2. The van der Waals surface area contributed by atoms with E-state index in [-0.39, 0.29) is 11.6 Å². The van der Waals surface area contributed by atoms with Gasteiger partial charge >= 0.3 is 12.5 Å².